The Bertz CT molecular complexity index is 275. The van der Waals surface area contributed by atoms with Crippen molar-refractivity contribution >= 4 is 6.03 Å². The molecule has 16 heavy (non-hydrogen) atoms. The van der Waals surface area contributed by atoms with Crippen molar-refractivity contribution in [2.24, 2.45) is 5.92 Å². The van der Waals surface area contributed by atoms with Crippen LogP contribution in [0.15, 0.2) is 0 Å². The van der Waals surface area contributed by atoms with Crippen LogP contribution in [0.3, 0.4) is 0 Å². The highest BCUT2D eigenvalue weighted by atomic mass is 16.5. The van der Waals surface area contributed by atoms with Crippen LogP contribution >= 0.6 is 0 Å². The van der Waals surface area contributed by atoms with E-state index in [9.17, 15) is 4.79 Å². The summed E-state index contributed by atoms with van der Waals surface area (Å²) in [6, 6.07) is 0.239. The maximum Gasteiger partial charge on any atom is 0.320 e. The summed E-state index contributed by atoms with van der Waals surface area (Å²) in [5.41, 5.74) is 0. The van der Waals surface area contributed by atoms with Gasteiger partial charge in [0.05, 0.1) is 12.2 Å². The zero-order valence-corrected chi connectivity index (χ0v) is 9.89. The Balaban J connectivity index is 1.60. The lowest BCUT2D eigenvalue weighted by molar-refractivity contribution is 0.0496. The molecule has 3 rings (SSSR count). The maximum absolute atomic E-state index is 12.2. The van der Waals surface area contributed by atoms with Crippen molar-refractivity contribution in [1.29, 1.82) is 0 Å². The van der Waals surface area contributed by atoms with Crippen molar-refractivity contribution in [2.75, 3.05) is 26.2 Å². The minimum Gasteiger partial charge on any atom is -0.373 e. The number of urea groups is 1. The summed E-state index contributed by atoms with van der Waals surface area (Å²) in [4.78, 5) is 16.1. The van der Waals surface area contributed by atoms with Gasteiger partial charge in [-0.05, 0) is 26.2 Å². The molecule has 90 valence electrons. The molecule has 0 N–H and O–H groups in total. The number of ether oxygens (including phenoxy) is 1. The van der Waals surface area contributed by atoms with Crippen LogP contribution in [-0.2, 0) is 4.74 Å². The minimum absolute atomic E-state index is 0.239. The highest BCUT2D eigenvalue weighted by Crippen LogP contribution is 2.33. The quantitative estimate of drug-likeness (QED) is 0.621. The molecular formula is C12H20N2O2. The van der Waals surface area contributed by atoms with E-state index in [4.69, 9.17) is 4.74 Å². The fourth-order valence-electron chi connectivity index (χ4n) is 3.27. The van der Waals surface area contributed by atoms with Gasteiger partial charge < -0.3 is 14.5 Å². The Labute approximate surface area is 96.5 Å². The third-order valence-corrected chi connectivity index (χ3v) is 4.07. The molecule has 0 radical (unpaired) electrons. The van der Waals surface area contributed by atoms with Gasteiger partial charge in [-0.15, -0.1) is 0 Å². The predicted molar refractivity (Wildman–Crippen MR) is 60.2 cm³/mol. The molecule has 0 saturated carbocycles. The molecule has 0 aromatic rings. The molecule has 3 atom stereocenters. The average molecular weight is 224 g/mol. The first kappa shape index (κ1) is 10.4. The number of likely N-dealkylation sites (tertiary alicyclic amines) is 2. The van der Waals surface area contributed by atoms with Crippen LogP contribution in [0.25, 0.3) is 0 Å². The van der Waals surface area contributed by atoms with Crippen molar-refractivity contribution in [1.82, 2.24) is 9.80 Å². The van der Waals surface area contributed by atoms with Crippen LogP contribution in [0.1, 0.15) is 26.2 Å². The Morgan fingerprint density at radius 1 is 1.19 bits per heavy atom. The third-order valence-electron chi connectivity index (χ3n) is 4.07. The van der Waals surface area contributed by atoms with Crippen LogP contribution in [-0.4, -0.2) is 54.2 Å². The molecule has 3 saturated heterocycles. The van der Waals surface area contributed by atoms with Gasteiger partial charge in [-0.2, -0.15) is 0 Å². The summed E-state index contributed by atoms with van der Waals surface area (Å²) in [6.45, 7) is 5.74. The lowest BCUT2D eigenvalue weighted by atomic mass is 10.0. The van der Waals surface area contributed by atoms with Gasteiger partial charge in [0.15, 0.2) is 0 Å². The van der Waals surface area contributed by atoms with E-state index in [0.717, 1.165) is 32.6 Å². The Morgan fingerprint density at radius 3 is 2.62 bits per heavy atom. The number of nitrogens with zero attached hydrogens (tertiary/aromatic N) is 2. The highest BCUT2D eigenvalue weighted by molar-refractivity contribution is 5.75. The maximum atomic E-state index is 12.2. The van der Waals surface area contributed by atoms with E-state index < -0.39 is 0 Å². The summed E-state index contributed by atoms with van der Waals surface area (Å²) in [7, 11) is 0. The van der Waals surface area contributed by atoms with Gasteiger partial charge in [0.25, 0.3) is 0 Å². The molecular weight excluding hydrogens is 204 g/mol. The van der Waals surface area contributed by atoms with Crippen LogP contribution in [0.5, 0.6) is 0 Å². The second kappa shape index (κ2) is 3.91. The molecule has 4 heteroatoms. The number of carbonyl (C=O) groups excluding carboxylic acids is 1. The van der Waals surface area contributed by atoms with Gasteiger partial charge in [-0.1, -0.05) is 0 Å². The summed E-state index contributed by atoms with van der Waals surface area (Å²) < 4.78 is 5.82. The third kappa shape index (κ3) is 1.69. The van der Waals surface area contributed by atoms with Gasteiger partial charge in [0, 0.05) is 32.1 Å². The van der Waals surface area contributed by atoms with Gasteiger partial charge >= 0.3 is 6.03 Å². The van der Waals surface area contributed by atoms with Crippen LogP contribution < -0.4 is 0 Å². The monoisotopic (exact) mass is 224 g/mol. The molecule has 0 unspecified atom stereocenters. The molecule has 2 amide bonds. The van der Waals surface area contributed by atoms with Crippen molar-refractivity contribution < 1.29 is 9.53 Å². The number of amides is 2. The SMILES string of the molecule is C[C@H]1C[C@@H]2CN(C(=O)N3CCCC3)C[C@@H]2O1. The largest absolute Gasteiger partial charge is 0.373 e. The Hall–Kier alpha value is -0.770. The lowest BCUT2D eigenvalue weighted by Crippen LogP contribution is -2.41. The second-order valence-corrected chi connectivity index (χ2v) is 5.36. The predicted octanol–water partition coefficient (Wildman–Crippen LogP) is 1.31. The van der Waals surface area contributed by atoms with Crippen LogP contribution in [0.2, 0.25) is 0 Å². The lowest BCUT2D eigenvalue weighted by Gasteiger charge is -2.24. The number of rotatable bonds is 0. The second-order valence-electron chi connectivity index (χ2n) is 5.36. The molecule has 0 bridgehead atoms. The van der Waals surface area contributed by atoms with Crippen molar-refractivity contribution in [3.8, 4) is 0 Å². The van der Waals surface area contributed by atoms with E-state index in [0.29, 0.717) is 18.1 Å². The molecule has 4 nitrogen and oxygen atoms in total. The van der Waals surface area contributed by atoms with E-state index >= 15 is 0 Å². The van der Waals surface area contributed by atoms with E-state index in [2.05, 4.69) is 6.92 Å². The van der Waals surface area contributed by atoms with Gasteiger partial charge in [0.1, 0.15) is 0 Å². The zero-order valence-electron chi connectivity index (χ0n) is 9.89. The van der Waals surface area contributed by atoms with Crippen LogP contribution in [0.4, 0.5) is 4.79 Å². The fourth-order valence-corrected chi connectivity index (χ4v) is 3.27. The van der Waals surface area contributed by atoms with E-state index in [1.807, 2.05) is 9.80 Å². The van der Waals surface area contributed by atoms with Crippen molar-refractivity contribution in [3.05, 3.63) is 0 Å². The Kier molecular flexibility index (Phi) is 2.54. The van der Waals surface area contributed by atoms with Gasteiger partial charge in [0.2, 0.25) is 0 Å². The Morgan fingerprint density at radius 2 is 1.94 bits per heavy atom. The number of hydrogen-bond acceptors (Lipinski definition) is 2. The fraction of sp³-hybridized carbons (Fsp3) is 0.917. The molecule has 0 aromatic heterocycles. The topological polar surface area (TPSA) is 32.8 Å². The first-order valence-corrected chi connectivity index (χ1v) is 6.43. The first-order valence-electron chi connectivity index (χ1n) is 6.43. The molecule has 3 aliphatic rings. The van der Waals surface area contributed by atoms with Gasteiger partial charge in [-0.3, -0.25) is 0 Å². The minimum atomic E-state index is 0.239. The molecule has 0 aromatic carbocycles. The van der Waals surface area contributed by atoms with Crippen molar-refractivity contribution in [2.45, 2.75) is 38.4 Å². The van der Waals surface area contributed by atoms with E-state index in [-0.39, 0.29) is 6.03 Å². The van der Waals surface area contributed by atoms with Gasteiger partial charge in [-0.25, -0.2) is 4.79 Å². The summed E-state index contributed by atoms with van der Waals surface area (Å²) in [5.74, 6) is 0.585. The summed E-state index contributed by atoms with van der Waals surface area (Å²) in [6.07, 6.45) is 4.15. The summed E-state index contributed by atoms with van der Waals surface area (Å²) >= 11 is 0. The van der Waals surface area contributed by atoms with E-state index in [1.165, 1.54) is 12.8 Å². The van der Waals surface area contributed by atoms with E-state index in [1.54, 1.807) is 0 Å². The molecule has 3 aliphatic heterocycles. The normalized spacial score (nSPS) is 38.2. The first-order chi connectivity index (χ1) is 7.74. The number of carbonyl (C=O) groups is 1. The summed E-state index contributed by atoms with van der Waals surface area (Å²) in [5, 5.41) is 0. The molecule has 3 heterocycles. The molecule has 3 fully saturated rings. The zero-order chi connectivity index (χ0) is 11.1. The standard InChI is InChI=1S/C12H20N2O2/c1-9-6-10-7-14(8-11(10)16-9)12(15)13-4-2-3-5-13/h9-11H,2-8H2,1H3/t9-,10+,11-/m0/s1. The average Bonchev–Trinajstić information content (AvgIpc) is 2.89. The van der Waals surface area contributed by atoms with Crippen molar-refractivity contribution in [3.63, 3.8) is 0 Å². The van der Waals surface area contributed by atoms with Crippen LogP contribution in [0, 0.1) is 5.92 Å². The number of hydrogen-bond donors (Lipinski definition) is 0. The smallest absolute Gasteiger partial charge is 0.320 e. The molecule has 0 aliphatic carbocycles. The number of fused-ring (bicyclic) bond motifs is 1. The molecule has 0 spiro atoms. The highest BCUT2D eigenvalue weighted by Gasteiger charge is 2.43.